The van der Waals surface area contributed by atoms with Crippen LogP contribution in [0.4, 0.5) is 10.5 Å². The molecule has 0 saturated heterocycles. The molecule has 28 heavy (non-hydrogen) atoms. The van der Waals surface area contributed by atoms with Crippen LogP contribution in [0.3, 0.4) is 0 Å². The van der Waals surface area contributed by atoms with Crippen molar-refractivity contribution in [3.05, 3.63) is 59.7 Å². The quantitative estimate of drug-likeness (QED) is 0.437. The van der Waals surface area contributed by atoms with Gasteiger partial charge in [0.05, 0.1) is 7.11 Å². The molecule has 0 aliphatic carbocycles. The Morgan fingerprint density at radius 3 is 2.36 bits per heavy atom. The minimum atomic E-state index is -0.207. The lowest BCUT2D eigenvalue weighted by Crippen LogP contribution is -2.36. The third-order valence-corrected chi connectivity index (χ3v) is 3.95. The Morgan fingerprint density at radius 1 is 1.04 bits per heavy atom. The molecule has 0 aromatic heterocycles. The standard InChI is InChI=1S/C21H29N5O2/c1-15(2)25-21(27)26-18-11-9-16(10-12-18)13-23-20(22-3)24-14-17-7-5-6-8-19(17)28-4/h5-12,15H,13-14H2,1-4H3,(H2,22,23,24)(H2,25,26,27). The van der Waals surface area contributed by atoms with Gasteiger partial charge in [0.1, 0.15) is 5.75 Å². The van der Waals surface area contributed by atoms with Crippen LogP contribution in [0.15, 0.2) is 53.5 Å². The van der Waals surface area contributed by atoms with Gasteiger partial charge in [-0.1, -0.05) is 30.3 Å². The maximum Gasteiger partial charge on any atom is 0.319 e. The topological polar surface area (TPSA) is 86.8 Å². The maximum absolute atomic E-state index is 11.7. The summed E-state index contributed by atoms with van der Waals surface area (Å²) in [5, 5.41) is 12.2. The predicted octanol–water partition coefficient (Wildman–Crippen LogP) is 3.09. The minimum absolute atomic E-state index is 0.0959. The molecule has 7 nitrogen and oxygen atoms in total. The highest BCUT2D eigenvalue weighted by Gasteiger charge is 2.05. The molecule has 2 amide bonds. The molecule has 2 aromatic carbocycles. The molecule has 0 unspecified atom stereocenters. The van der Waals surface area contributed by atoms with Gasteiger partial charge in [0.25, 0.3) is 0 Å². The van der Waals surface area contributed by atoms with Gasteiger partial charge < -0.3 is 26.0 Å². The van der Waals surface area contributed by atoms with Crippen LogP contribution >= 0.6 is 0 Å². The lowest BCUT2D eigenvalue weighted by Gasteiger charge is -2.14. The molecule has 0 aliphatic heterocycles. The van der Waals surface area contributed by atoms with E-state index in [-0.39, 0.29) is 12.1 Å². The fourth-order valence-corrected chi connectivity index (χ4v) is 2.57. The van der Waals surface area contributed by atoms with E-state index in [1.165, 1.54) is 0 Å². The van der Waals surface area contributed by atoms with E-state index in [1.54, 1.807) is 14.2 Å². The van der Waals surface area contributed by atoms with Crippen molar-refractivity contribution in [1.29, 1.82) is 0 Å². The molecule has 0 aliphatic rings. The Bertz CT molecular complexity index is 788. The molecule has 2 aromatic rings. The number of aliphatic imine (C=N–C) groups is 1. The van der Waals surface area contributed by atoms with E-state index in [4.69, 9.17) is 4.74 Å². The lowest BCUT2D eigenvalue weighted by molar-refractivity contribution is 0.250. The van der Waals surface area contributed by atoms with Gasteiger partial charge in [-0.05, 0) is 37.6 Å². The Morgan fingerprint density at radius 2 is 1.71 bits per heavy atom. The molecule has 4 N–H and O–H groups in total. The predicted molar refractivity (Wildman–Crippen MR) is 114 cm³/mol. The van der Waals surface area contributed by atoms with Crippen LogP contribution in [0, 0.1) is 0 Å². The SMILES string of the molecule is CN=C(NCc1ccc(NC(=O)NC(C)C)cc1)NCc1ccccc1OC. The van der Waals surface area contributed by atoms with Gasteiger partial charge in [-0.25, -0.2) is 4.79 Å². The average Bonchev–Trinajstić information content (AvgIpc) is 2.69. The number of carbonyl (C=O) groups is 1. The van der Waals surface area contributed by atoms with Crippen LogP contribution in [0.1, 0.15) is 25.0 Å². The van der Waals surface area contributed by atoms with Gasteiger partial charge in [0.15, 0.2) is 5.96 Å². The van der Waals surface area contributed by atoms with Crippen molar-refractivity contribution < 1.29 is 9.53 Å². The van der Waals surface area contributed by atoms with Crippen molar-refractivity contribution in [3.63, 3.8) is 0 Å². The number of guanidine groups is 1. The number of methoxy groups -OCH3 is 1. The second-order valence-electron chi connectivity index (χ2n) is 6.54. The summed E-state index contributed by atoms with van der Waals surface area (Å²) >= 11 is 0. The number of benzene rings is 2. The van der Waals surface area contributed by atoms with Crippen molar-refractivity contribution in [2.24, 2.45) is 4.99 Å². The van der Waals surface area contributed by atoms with Gasteiger partial charge in [-0.15, -0.1) is 0 Å². The zero-order valence-electron chi connectivity index (χ0n) is 16.9. The molecule has 0 saturated carbocycles. The van der Waals surface area contributed by atoms with E-state index in [0.717, 1.165) is 22.6 Å². The first-order valence-electron chi connectivity index (χ1n) is 9.24. The number of hydrogen-bond acceptors (Lipinski definition) is 3. The first kappa shape index (κ1) is 21.1. The van der Waals surface area contributed by atoms with E-state index in [1.807, 2.05) is 62.4 Å². The van der Waals surface area contributed by atoms with Crippen molar-refractivity contribution in [3.8, 4) is 5.75 Å². The molecular formula is C21H29N5O2. The summed E-state index contributed by atoms with van der Waals surface area (Å²) in [6.07, 6.45) is 0. The number of ether oxygens (including phenoxy) is 1. The Balaban J connectivity index is 1.83. The molecule has 2 rings (SSSR count). The van der Waals surface area contributed by atoms with E-state index in [9.17, 15) is 4.79 Å². The highest BCUT2D eigenvalue weighted by atomic mass is 16.5. The highest BCUT2D eigenvalue weighted by Crippen LogP contribution is 2.16. The summed E-state index contributed by atoms with van der Waals surface area (Å²) in [7, 11) is 3.40. The molecule has 7 heteroatoms. The van der Waals surface area contributed by atoms with Gasteiger partial charge in [0, 0.05) is 37.4 Å². The molecule has 0 bridgehead atoms. The number of nitrogens with one attached hydrogen (secondary N) is 4. The molecule has 150 valence electrons. The first-order valence-corrected chi connectivity index (χ1v) is 9.24. The second kappa shape index (κ2) is 10.8. The third-order valence-electron chi connectivity index (χ3n) is 3.95. The van der Waals surface area contributed by atoms with E-state index >= 15 is 0 Å². The Kier molecular flexibility index (Phi) is 8.14. The monoisotopic (exact) mass is 383 g/mol. The summed E-state index contributed by atoms with van der Waals surface area (Å²) in [4.78, 5) is 16.0. The number of amides is 2. The minimum Gasteiger partial charge on any atom is -0.496 e. The zero-order chi connectivity index (χ0) is 20.4. The number of urea groups is 1. The normalized spacial score (nSPS) is 11.1. The Labute approximate surface area is 166 Å². The summed E-state index contributed by atoms with van der Waals surface area (Å²) in [6, 6.07) is 15.4. The second-order valence-corrected chi connectivity index (χ2v) is 6.54. The van der Waals surface area contributed by atoms with Crippen LogP contribution < -0.4 is 26.0 Å². The number of carbonyl (C=O) groups excluding carboxylic acids is 1. The Hall–Kier alpha value is -3.22. The van der Waals surface area contributed by atoms with Crippen LogP contribution in [-0.2, 0) is 13.1 Å². The van der Waals surface area contributed by atoms with Crippen molar-refractivity contribution in [1.82, 2.24) is 16.0 Å². The average molecular weight is 383 g/mol. The molecule has 0 radical (unpaired) electrons. The molecule has 0 spiro atoms. The number of anilines is 1. The summed E-state index contributed by atoms with van der Waals surface area (Å²) < 4.78 is 5.37. The van der Waals surface area contributed by atoms with Crippen LogP contribution in [-0.4, -0.2) is 32.2 Å². The van der Waals surface area contributed by atoms with Crippen LogP contribution in [0.5, 0.6) is 5.75 Å². The highest BCUT2D eigenvalue weighted by molar-refractivity contribution is 5.89. The molecule has 0 heterocycles. The fourth-order valence-electron chi connectivity index (χ4n) is 2.57. The van der Waals surface area contributed by atoms with Crippen molar-refractivity contribution >= 4 is 17.7 Å². The van der Waals surface area contributed by atoms with Gasteiger partial charge >= 0.3 is 6.03 Å². The summed E-state index contributed by atoms with van der Waals surface area (Å²) in [5.74, 6) is 1.54. The first-order chi connectivity index (χ1) is 13.5. The number of rotatable bonds is 7. The van der Waals surface area contributed by atoms with Gasteiger partial charge in [0.2, 0.25) is 0 Å². The largest absolute Gasteiger partial charge is 0.496 e. The lowest BCUT2D eigenvalue weighted by atomic mass is 10.2. The smallest absolute Gasteiger partial charge is 0.319 e. The summed E-state index contributed by atoms with van der Waals surface area (Å²) in [5.41, 5.74) is 2.89. The maximum atomic E-state index is 11.7. The van der Waals surface area contributed by atoms with Crippen LogP contribution in [0.25, 0.3) is 0 Å². The third kappa shape index (κ3) is 6.83. The summed E-state index contributed by atoms with van der Waals surface area (Å²) in [6.45, 7) is 5.06. The zero-order valence-corrected chi connectivity index (χ0v) is 16.9. The van der Waals surface area contributed by atoms with Gasteiger partial charge in [-0.2, -0.15) is 0 Å². The molecule has 0 fully saturated rings. The van der Waals surface area contributed by atoms with E-state index < -0.39 is 0 Å². The van der Waals surface area contributed by atoms with Crippen molar-refractivity contribution in [2.75, 3.05) is 19.5 Å². The van der Waals surface area contributed by atoms with E-state index in [0.29, 0.717) is 19.0 Å². The molecular weight excluding hydrogens is 354 g/mol. The van der Waals surface area contributed by atoms with Crippen LogP contribution in [0.2, 0.25) is 0 Å². The number of nitrogens with zero attached hydrogens (tertiary/aromatic N) is 1. The molecule has 0 atom stereocenters. The van der Waals surface area contributed by atoms with Gasteiger partial charge in [-0.3, -0.25) is 4.99 Å². The van der Waals surface area contributed by atoms with Crippen molar-refractivity contribution in [2.45, 2.75) is 33.0 Å². The number of para-hydroxylation sites is 1. The van der Waals surface area contributed by atoms with E-state index in [2.05, 4.69) is 26.3 Å². The number of hydrogen-bond donors (Lipinski definition) is 4. The fraction of sp³-hybridized carbons (Fsp3) is 0.333.